The van der Waals surface area contributed by atoms with Crippen molar-refractivity contribution in [3.05, 3.63) is 40.6 Å². The van der Waals surface area contributed by atoms with Crippen LogP contribution in [0.2, 0.25) is 0 Å². The number of thiocarbonyl (C=S) groups is 1. The lowest BCUT2D eigenvalue weighted by Crippen LogP contribution is -2.50. The molecular weight excluding hydrogens is 357 g/mol. The zero-order valence-corrected chi connectivity index (χ0v) is 14.6. The van der Waals surface area contributed by atoms with E-state index in [1.807, 2.05) is 6.26 Å². The van der Waals surface area contributed by atoms with Crippen molar-refractivity contribution in [2.75, 3.05) is 12.0 Å². The van der Waals surface area contributed by atoms with Crippen LogP contribution in [0.3, 0.4) is 0 Å². The van der Waals surface area contributed by atoms with Crippen molar-refractivity contribution in [2.45, 2.75) is 12.5 Å². The van der Waals surface area contributed by atoms with Crippen LogP contribution in [0.1, 0.15) is 12.0 Å². The predicted octanol–water partition coefficient (Wildman–Crippen LogP) is 1.90. The van der Waals surface area contributed by atoms with Gasteiger partial charge in [-0.3, -0.25) is 9.69 Å². The second-order valence-electron chi connectivity index (χ2n) is 4.72. The van der Waals surface area contributed by atoms with E-state index in [9.17, 15) is 19.1 Å². The van der Waals surface area contributed by atoms with Crippen LogP contribution in [0.15, 0.2) is 29.2 Å². The second-order valence-corrected chi connectivity index (χ2v) is 7.38. The normalized spacial score (nSPS) is 17.8. The quantitative estimate of drug-likeness (QED) is 0.563. The average molecular weight is 370 g/mol. The predicted molar refractivity (Wildman–Crippen MR) is 93.2 cm³/mol. The molecular formula is C15H13FNO3S3-. The number of nitrogens with zero attached hydrogens (tertiary/aromatic N) is 1. The summed E-state index contributed by atoms with van der Waals surface area (Å²) in [7, 11) is 0. The van der Waals surface area contributed by atoms with Gasteiger partial charge in [0.15, 0.2) is 0 Å². The number of carboxylic acids is 1. The first-order valence-corrected chi connectivity index (χ1v) is 9.28. The van der Waals surface area contributed by atoms with E-state index in [1.54, 1.807) is 6.08 Å². The molecule has 1 aliphatic rings. The third kappa shape index (κ3) is 4.33. The van der Waals surface area contributed by atoms with Crippen molar-refractivity contribution in [2.24, 2.45) is 0 Å². The largest absolute Gasteiger partial charge is 0.548 e. The average Bonchev–Trinajstić information content (AvgIpc) is 2.77. The van der Waals surface area contributed by atoms with Gasteiger partial charge in [-0.05, 0) is 42.2 Å². The smallest absolute Gasteiger partial charge is 0.266 e. The number of amides is 1. The van der Waals surface area contributed by atoms with Crippen LogP contribution in [-0.4, -0.2) is 39.1 Å². The lowest BCUT2D eigenvalue weighted by atomic mass is 10.1. The van der Waals surface area contributed by atoms with Gasteiger partial charge < -0.3 is 9.90 Å². The molecule has 1 saturated heterocycles. The van der Waals surface area contributed by atoms with Crippen molar-refractivity contribution < 1.29 is 19.1 Å². The molecule has 1 atom stereocenters. The van der Waals surface area contributed by atoms with Crippen molar-refractivity contribution >= 4 is 58.0 Å². The molecule has 1 aromatic rings. The van der Waals surface area contributed by atoms with Crippen LogP contribution >= 0.6 is 35.7 Å². The molecule has 1 aromatic carbocycles. The Kier molecular flexibility index (Phi) is 6.20. The Bertz CT molecular complexity index is 660. The van der Waals surface area contributed by atoms with Crippen LogP contribution in [0.4, 0.5) is 4.39 Å². The molecule has 0 spiro atoms. The molecule has 0 unspecified atom stereocenters. The van der Waals surface area contributed by atoms with Gasteiger partial charge in [-0.1, -0.05) is 36.1 Å². The Morgan fingerprint density at radius 2 is 2.13 bits per heavy atom. The summed E-state index contributed by atoms with van der Waals surface area (Å²) in [6.07, 6.45) is 3.69. The maximum atomic E-state index is 12.9. The SMILES string of the molecule is CSCC[C@@H](C(=O)[O-])N1C(=O)/C(=C/c2ccc(F)cc2)SC1=S. The van der Waals surface area contributed by atoms with E-state index in [0.717, 1.165) is 16.7 Å². The fraction of sp³-hybridized carbons (Fsp3) is 0.267. The van der Waals surface area contributed by atoms with Crippen molar-refractivity contribution in [3.8, 4) is 0 Å². The highest BCUT2D eigenvalue weighted by Gasteiger charge is 2.37. The lowest BCUT2D eigenvalue weighted by molar-refractivity contribution is -0.310. The third-order valence-electron chi connectivity index (χ3n) is 3.17. The van der Waals surface area contributed by atoms with Crippen molar-refractivity contribution in [1.82, 2.24) is 4.90 Å². The summed E-state index contributed by atoms with van der Waals surface area (Å²) in [6, 6.07) is 4.57. The lowest BCUT2D eigenvalue weighted by Gasteiger charge is -2.27. The number of carbonyl (C=O) groups is 2. The van der Waals surface area contributed by atoms with Crippen LogP contribution in [0.25, 0.3) is 6.08 Å². The van der Waals surface area contributed by atoms with E-state index in [1.165, 1.54) is 36.0 Å². The molecule has 8 heteroatoms. The van der Waals surface area contributed by atoms with E-state index < -0.39 is 17.9 Å². The summed E-state index contributed by atoms with van der Waals surface area (Å²) in [5, 5.41) is 11.3. The summed E-state index contributed by atoms with van der Waals surface area (Å²) >= 11 is 7.67. The Morgan fingerprint density at radius 1 is 1.48 bits per heavy atom. The zero-order valence-electron chi connectivity index (χ0n) is 12.2. The minimum atomic E-state index is -1.32. The Morgan fingerprint density at radius 3 is 2.70 bits per heavy atom. The van der Waals surface area contributed by atoms with Crippen LogP contribution in [-0.2, 0) is 9.59 Å². The second kappa shape index (κ2) is 7.94. The Hall–Kier alpha value is -1.38. The maximum Gasteiger partial charge on any atom is 0.266 e. The van der Waals surface area contributed by atoms with Gasteiger partial charge in [-0.15, -0.1) is 0 Å². The van der Waals surface area contributed by atoms with Gasteiger partial charge in [-0.25, -0.2) is 4.39 Å². The number of rotatable bonds is 6. The number of hydrogen-bond acceptors (Lipinski definition) is 6. The molecule has 0 saturated carbocycles. The van der Waals surface area contributed by atoms with Gasteiger partial charge in [0.25, 0.3) is 5.91 Å². The highest BCUT2D eigenvalue weighted by atomic mass is 32.2. The molecule has 1 fully saturated rings. The fourth-order valence-corrected chi connectivity index (χ4v) is 3.86. The number of halogens is 1. The first-order valence-electron chi connectivity index (χ1n) is 6.66. The first kappa shape index (κ1) is 18.0. The number of carbonyl (C=O) groups excluding carboxylic acids is 2. The molecule has 0 bridgehead atoms. The molecule has 4 nitrogen and oxygen atoms in total. The number of benzene rings is 1. The molecule has 23 heavy (non-hydrogen) atoms. The topological polar surface area (TPSA) is 60.4 Å². The van der Waals surface area contributed by atoms with Gasteiger partial charge in [0, 0.05) is 0 Å². The number of thioether (sulfide) groups is 2. The van der Waals surface area contributed by atoms with Crippen LogP contribution in [0, 0.1) is 5.82 Å². The van der Waals surface area contributed by atoms with Crippen LogP contribution in [0.5, 0.6) is 0 Å². The molecule has 0 radical (unpaired) electrons. The molecule has 1 amide bonds. The van der Waals surface area contributed by atoms with Gasteiger partial charge in [-0.2, -0.15) is 11.8 Å². The van der Waals surface area contributed by atoms with E-state index in [0.29, 0.717) is 16.2 Å². The number of carboxylic acid groups (broad SMARTS) is 1. The summed E-state index contributed by atoms with van der Waals surface area (Å²) in [5.74, 6) is -1.58. The molecule has 1 heterocycles. The highest BCUT2D eigenvalue weighted by Crippen LogP contribution is 2.34. The molecule has 0 aliphatic carbocycles. The van der Waals surface area contributed by atoms with Gasteiger partial charge in [0.1, 0.15) is 10.1 Å². The highest BCUT2D eigenvalue weighted by molar-refractivity contribution is 8.26. The van der Waals surface area contributed by atoms with E-state index in [-0.39, 0.29) is 16.6 Å². The van der Waals surface area contributed by atoms with Crippen LogP contribution < -0.4 is 5.11 Å². The van der Waals surface area contributed by atoms with E-state index >= 15 is 0 Å². The third-order valence-corrected chi connectivity index (χ3v) is 5.14. The standard InChI is InChI=1S/C15H14FNO3S3/c1-22-7-6-11(14(19)20)17-13(18)12(23-15(17)21)8-9-2-4-10(16)5-3-9/h2-5,8,11H,6-7H2,1H3,(H,19,20)/p-1/b12-8-/t11-/m0/s1. The zero-order chi connectivity index (χ0) is 17.0. The summed E-state index contributed by atoms with van der Waals surface area (Å²) in [5.41, 5.74) is 0.640. The van der Waals surface area contributed by atoms with Gasteiger partial charge in [0.2, 0.25) is 0 Å². The summed E-state index contributed by atoms with van der Waals surface area (Å²) < 4.78 is 13.1. The summed E-state index contributed by atoms with van der Waals surface area (Å²) in [4.78, 5) is 25.2. The number of hydrogen-bond donors (Lipinski definition) is 0. The molecule has 2 rings (SSSR count). The maximum absolute atomic E-state index is 12.9. The monoisotopic (exact) mass is 370 g/mol. The van der Waals surface area contributed by atoms with Gasteiger partial charge in [0.05, 0.1) is 16.9 Å². The minimum absolute atomic E-state index is 0.193. The molecule has 1 aliphatic heterocycles. The van der Waals surface area contributed by atoms with E-state index in [2.05, 4.69) is 0 Å². The Balaban J connectivity index is 2.24. The van der Waals surface area contributed by atoms with E-state index in [4.69, 9.17) is 12.2 Å². The number of aliphatic carboxylic acids is 1. The fourth-order valence-electron chi connectivity index (χ4n) is 2.04. The molecule has 0 aromatic heterocycles. The van der Waals surface area contributed by atoms with Crippen molar-refractivity contribution in [3.63, 3.8) is 0 Å². The first-order chi connectivity index (χ1) is 10.9. The minimum Gasteiger partial charge on any atom is -0.548 e. The summed E-state index contributed by atoms with van der Waals surface area (Å²) in [6.45, 7) is 0. The molecule has 0 N–H and O–H groups in total. The van der Waals surface area contributed by atoms with Gasteiger partial charge >= 0.3 is 0 Å². The molecule has 122 valence electrons. The van der Waals surface area contributed by atoms with Crippen molar-refractivity contribution in [1.29, 1.82) is 0 Å². The Labute approximate surface area is 147 Å².